The number of anilines is 2. The van der Waals surface area contributed by atoms with E-state index in [0.29, 0.717) is 34.4 Å². The van der Waals surface area contributed by atoms with Crippen LogP contribution in [0, 0.1) is 11.3 Å². The summed E-state index contributed by atoms with van der Waals surface area (Å²) in [5.41, 5.74) is 8.44. The Kier molecular flexibility index (Phi) is 5.07. The van der Waals surface area contributed by atoms with E-state index in [1.54, 1.807) is 13.2 Å². The van der Waals surface area contributed by atoms with Crippen LogP contribution in [0.2, 0.25) is 0 Å². The summed E-state index contributed by atoms with van der Waals surface area (Å²) in [6, 6.07) is 3.89. The highest BCUT2D eigenvalue weighted by molar-refractivity contribution is 5.76. The normalized spacial score (nSPS) is 23.3. The zero-order chi connectivity index (χ0) is 17.2. The first kappa shape index (κ1) is 17.4. The van der Waals surface area contributed by atoms with Crippen LogP contribution in [0.1, 0.15) is 45.6 Å². The first-order chi connectivity index (χ1) is 10.7. The number of nitrogens with one attached hydrogen (secondary N) is 1. The molecule has 0 bridgehead atoms. The van der Waals surface area contributed by atoms with Gasteiger partial charge in [0.05, 0.1) is 24.9 Å². The van der Waals surface area contributed by atoms with Crippen molar-refractivity contribution in [2.24, 2.45) is 11.3 Å². The van der Waals surface area contributed by atoms with Crippen LogP contribution in [-0.4, -0.2) is 24.2 Å². The Balaban J connectivity index is 2.21. The number of carbonyl (C=O) groups is 1. The highest BCUT2D eigenvalue weighted by atomic mass is 16.5. The zero-order valence-electron chi connectivity index (χ0n) is 14.5. The smallest absolute Gasteiger partial charge is 0.307 e. The highest BCUT2D eigenvalue weighted by Gasteiger charge is 2.32. The van der Waals surface area contributed by atoms with E-state index in [1.807, 2.05) is 6.07 Å². The number of hydrogen-bond donors (Lipinski definition) is 3. The molecular formula is C18H28N2O3. The van der Waals surface area contributed by atoms with Crippen LogP contribution in [0.3, 0.4) is 0 Å². The van der Waals surface area contributed by atoms with E-state index in [4.69, 9.17) is 15.6 Å². The van der Waals surface area contributed by atoms with E-state index in [0.717, 1.165) is 18.5 Å². The minimum absolute atomic E-state index is 0.0961. The summed E-state index contributed by atoms with van der Waals surface area (Å²) in [6.07, 6.45) is 3.35. The molecule has 2 rings (SSSR count). The third-order valence-corrected chi connectivity index (χ3v) is 4.54. The number of aliphatic carboxylic acids is 1. The molecule has 128 valence electrons. The second-order valence-corrected chi connectivity index (χ2v) is 7.58. The molecule has 0 heterocycles. The maximum Gasteiger partial charge on any atom is 0.307 e. The molecule has 0 spiro atoms. The summed E-state index contributed by atoms with van der Waals surface area (Å²) < 4.78 is 5.33. The second-order valence-electron chi connectivity index (χ2n) is 7.58. The van der Waals surface area contributed by atoms with Crippen LogP contribution < -0.4 is 15.8 Å². The number of hydrogen-bond acceptors (Lipinski definition) is 4. The van der Waals surface area contributed by atoms with Gasteiger partial charge in [0.1, 0.15) is 5.75 Å². The van der Waals surface area contributed by atoms with Crippen molar-refractivity contribution in [3.63, 3.8) is 0 Å². The largest absolute Gasteiger partial charge is 0.496 e. The minimum atomic E-state index is -0.897. The van der Waals surface area contributed by atoms with Gasteiger partial charge in [0.25, 0.3) is 0 Å². The SMILES string of the molecule is COc1cc(NC2CC(C)CC(C)(C)C2)c(N)cc1CC(=O)O. The molecule has 4 N–H and O–H groups in total. The van der Waals surface area contributed by atoms with Crippen LogP contribution in [0.15, 0.2) is 12.1 Å². The number of benzene rings is 1. The van der Waals surface area contributed by atoms with Crippen molar-refractivity contribution in [1.29, 1.82) is 0 Å². The summed E-state index contributed by atoms with van der Waals surface area (Å²) >= 11 is 0. The van der Waals surface area contributed by atoms with Crippen LogP contribution in [0.4, 0.5) is 11.4 Å². The van der Waals surface area contributed by atoms with Gasteiger partial charge < -0.3 is 20.9 Å². The zero-order valence-corrected chi connectivity index (χ0v) is 14.5. The first-order valence-corrected chi connectivity index (χ1v) is 8.15. The van der Waals surface area contributed by atoms with Crippen molar-refractivity contribution in [1.82, 2.24) is 0 Å². The molecule has 1 fully saturated rings. The molecule has 0 saturated heterocycles. The van der Waals surface area contributed by atoms with Gasteiger partial charge in [-0.15, -0.1) is 0 Å². The van der Waals surface area contributed by atoms with Crippen LogP contribution in [0.5, 0.6) is 5.75 Å². The van der Waals surface area contributed by atoms with Gasteiger partial charge in [-0.2, -0.15) is 0 Å². The molecule has 2 unspecified atom stereocenters. The molecule has 0 aromatic heterocycles. The number of nitrogen functional groups attached to an aromatic ring is 1. The summed E-state index contributed by atoms with van der Waals surface area (Å²) in [4.78, 5) is 10.9. The molecule has 0 amide bonds. The fourth-order valence-corrected chi connectivity index (χ4v) is 3.94. The molecule has 1 aliphatic rings. The molecule has 1 aromatic rings. The Morgan fingerprint density at radius 2 is 2.13 bits per heavy atom. The van der Waals surface area contributed by atoms with Crippen molar-refractivity contribution in [3.8, 4) is 5.75 Å². The maximum absolute atomic E-state index is 10.9. The summed E-state index contributed by atoms with van der Waals surface area (Å²) in [5.74, 6) is 0.337. The molecule has 5 heteroatoms. The lowest BCUT2D eigenvalue weighted by atomic mass is 9.70. The lowest BCUT2D eigenvalue weighted by Gasteiger charge is -2.39. The summed E-state index contributed by atoms with van der Waals surface area (Å²) in [7, 11) is 1.55. The van der Waals surface area contributed by atoms with E-state index in [2.05, 4.69) is 26.1 Å². The molecule has 5 nitrogen and oxygen atoms in total. The van der Waals surface area contributed by atoms with Gasteiger partial charge in [-0.3, -0.25) is 4.79 Å². The van der Waals surface area contributed by atoms with Crippen LogP contribution in [0.25, 0.3) is 0 Å². The minimum Gasteiger partial charge on any atom is -0.496 e. The van der Waals surface area contributed by atoms with Gasteiger partial charge in [-0.1, -0.05) is 20.8 Å². The number of carboxylic acid groups (broad SMARTS) is 1. The number of carboxylic acids is 1. The Morgan fingerprint density at radius 1 is 1.43 bits per heavy atom. The topological polar surface area (TPSA) is 84.6 Å². The predicted octanol–water partition coefficient (Wildman–Crippen LogP) is 3.53. The van der Waals surface area contributed by atoms with Crippen molar-refractivity contribution in [2.45, 2.75) is 52.5 Å². The van der Waals surface area contributed by atoms with Gasteiger partial charge in [-0.25, -0.2) is 0 Å². The molecule has 2 atom stereocenters. The predicted molar refractivity (Wildman–Crippen MR) is 93.0 cm³/mol. The highest BCUT2D eigenvalue weighted by Crippen LogP contribution is 2.40. The van der Waals surface area contributed by atoms with Crippen molar-refractivity contribution >= 4 is 17.3 Å². The Labute approximate surface area is 138 Å². The van der Waals surface area contributed by atoms with Gasteiger partial charge in [-0.05, 0) is 36.7 Å². The third-order valence-electron chi connectivity index (χ3n) is 4.54. The molecule has 1 aromatic carbocycles. The van der Waals surface area contributed by atoms with E-state index in [9.17, 15) is 4.79 Å². The molecule has 1 aliphatic carbocycles. The standard InChI is InChI=1S/C18H28N2O3/c1-11-5-13(10-18(2,3)9-11)20-15-8-16(23-4)12(6-14(15)19)7-17(21)22/h6,8,11,13,20H,5,7,9-10,19H2,1-4H3,(H,21,22). The van der Waals surface area contributed by atoms with Crippen molar-refractivity contribution in [3.05, 3.63) is 17.7 Å². The van der Waals surface area contributed by atoms with Crippen molar-refractivity contribution < 1.29 is 14.6 Å². The van der Waals surface area contributed by atoms with E-state index in [1.165, 1.54) is 6.42 Å². The average Bonchev–Trinajstić information content (AvgIpc) is 2.38. The van der Waals surface area contributed by atoms with Crippen LogP contribution in [-0.2, 0) is 11.2 Å². The van der Waals surface area contributed by atoms with E-state index >= 15 is 0 Å². The average molecular weight is 320 g/mol. The van der Waals surface area contributed by atoms with Crippen molar-refractivity contribution in [2.75, 3.05) is 18.2 Å². The fourth-order valence-electron chi connectivity index (χ4n) is 3.94. The Morgan fingerprint density at radius 3 is 2.70 bits per heavy atom. The molecular weight excluding hydrogens is 292 g/mol. The molecule has 0 radical (unpaired) electrons. The van der Waals surface area contributed by atoms with Gasteiger partial charge in [0.15, 0.2) is 0 Å². The van der Waals surface area contributed by atoms with Gasteiger partial charge in [0, 0.05) is 17.7 Å². The first-order valence-electron chi connectivity index (χ1n) is 8.15. The summed E-state index contributed by atoms with van der Waals surface area (Å²) in [5, 5.41) is 12.5. The lowest BCUT2D eigenvalue weighted by molar-refractivity contribution is -0.136. The third kappa shape index (κ3) is 4.53. The fraction of sp³-hybridized carbons (Fsp3) is 0.611. The monoisotopic (exact) mass is 320 g/mol. The van der Waals surface area contributed by atoms with E-state index < -0.39 is 5.97 Å². The summed E-state index contributed by atoms with van der Waals surface area (Å²) in [6.45, 7) is 6.89. The van der Waals surface area contributed by atoms with Crippen LogP contribution >= 0.6 is 0 Å². The number of methoxy groups -OCH3 is 1. The maximum atomic E-state index is 10.9. The second kappa shape index (κ2) is 6.69. The van der Waals surface area contributed by atoms with Gasteiger partial charge >= 0.3 is 5.97 Å². The quantitative estimate of drug-likeness (QED) is 0.723. The number of ether oxygens (including phenoxy) is 1. The number of nitrogens with two attached hydrogens (primary N) is 1. The molecule has 1 saturated carbocycles. The van der Waals surface area contributed by atoms with Gasteiger partial charge in [0.2, 0.25) is 0 Å². The Hall–Kier alpha value is -1.91. The van der Waals surface area contributed by atoms with E-state index in [-0.39, 0.29) is 6.42 Å². The molecule has 0 aliphatic heterocycles. The lowest BCUT2D eigenvalue weighted by Crippen LogP contribution is -2.35. The molecule has 23 heavy (non-hydrogen) atoms. The Bertz CT molecular complexity index is 584. The number of rotatable bonds is 5.